The summed E-state index contributed by atoms with van der Waals surface area (Å²) in [5.74, 6) is 0. The lowest BCUT2D eigenvalue weighted by Gasteiger charge is -2.45. The lowest BCUT2D eigenvalue weighted by atomic mass is 10.1. The topological polar surface area (TPSA) is 52.7 Å². The second-order valence-electron chi connectivity index (χ2n) is 4.82. The smallest absolute Gasteiger partial charge is 0.252 e. The van der Waals surface area contributed by atoms with Crippen LogP contribution in [0.3, 0.4) is 0 Å². The van der Waals surface area contributed by atoms with E-state index in [4.69, 9.17) is 11.6 Å². The first-order chi connectivity index (χ1) is 9.07. The Hall–Kier alpha value is -0.180. The van der Waals surface area contributed by atoms with Crippen LogP contribution < -0.4 is 5.32 Å². The Morgan fingerprint density at radius 3 is 2.53 bits per heavy atom. The van der Waals surface area contributed by atoms with E-state index in [2.05, 4.69) is 10.2 Å². The maximum atomic E-state index is 12.3. The van der Waals surface area contributed by atoms with Crippen molar-refractivity contribution >= 4 is 33.0 Å². The Morgan fingerprint density at radius 2 is 1.95 bits per heavy atom. The molecule has 0 amide bonds. The molecule has 0 saturated carbocycles. The number of thiophene rings is 1. The van der Waals surface area contributed by atoms with Crippen molar-refractivity contribution in [3.63, 3.8) is 0 Å². The molecule has 5 nitrogen and oxygen atoms in total. The van der Waals surface area contributed by atoms with Gasteiger partial charge < -0.3 is 5.32 Å². The molecule has 2 saturated heterocycles. The molecule has 0 aliphatic carbocycles. The molecule has 19 heavy (non-hydrogen) atoms. The predicted molar refractivity (Wildman–Crippen MR) is 76.3 cm³/mol. The van der Waals surface area contributed by atoms with Gasteiger partial charge in [0.25, 0.3) is 10.0 Å². The van der Waals surface area contributed by atoms with E-state index in [-0.39, 0.29) is 0 Å². The third kappa shape index (κ3) is 2.68. The van der Waals surface area contributed by atoms with Crippen LogP contribution in [-0.4, -0.2) is 62.9 Å². The van der Waals surface area contributed by atoms with E-state index in [9.17, 15) is 8.42 Å². The van der Waals surface area contributed by atoms with Crippen LogP contribution in [0.4, 0.5) is 0 Å². The molecule has 8 heteroatoms. The van der Waals surface area contributed by atoms with Crippen LogP contribution in [0.2, 0.25) is 4.34 Å². The highest BCUT2D eigenvalue weighted by molar-refractivity contribution is 7.91. The molecule has 0 bridgehead atoms. The van der Waals surface area contributed by atoms with Crippen LogP contribution in [0, 0.1) is 0 Å². The number of piperazine rings is 1. The molecular formula is C11H16ClN3O2S2. The second kappa shape index (κ2) is 5.31. The van der Waals surface area contributed by atoms with E-state index in [1.165, 1.54) is 0 Å². The summed E-state index contributed by atoms with van der Waals surface area (Å²) in [6.07, 6.45) is 0. The molecule has 2 aliphatic heterocycles. The highest BCUT2D eigenvalue weighted by Gasteiger charge is 2.40. The molecule has 0 radical (unpaired) electrons. The van der Waals surface area contributed by atoms with Gasteiger partial charge in [-0.05, 0) is 12.1 Å². The number of hydrogen-bond acceptors (Lipinski definition) is 5. The first-order valence-electron chi connectivity index (χ1n) is 6.27. The van der Waals surface area contributed by atoms with Gasteiger partial charge in [0.2, 0.25) is 0 Å². The zero-order valence-corrected chi connectivity index (χ0v) is 12.8. The van der Waals surface area contributed by atoms with Gasteiger partial charge in [0.15, 0.2) is 0 Å². The Bertz CT molecular complexity index is 548. The highest BCUT2D eigenvalue weighted by atomic mass is 35.5. The molecular weight excluding hydrogens is 306 g/mol. The van der Waals surface area contributed by atoms with Crippen LogP contribution in [0.15, 0.2) is 16.3 Å². The summed E-state index contributed by atoms with van der Waals surface area (Å²) in [5.41, 5.74) is 0. The van der Waals surface area contributed by atoms with E-state index in [0.29, 0.717) is 27.7 Å². The average molecular weight is 322 g/mol. The Kier molecular flexibility index (Phi) is 3.85. The third-order valence-electron chi connectivity index (χ3n) is 3.64. The number of nitrogens with one attached hydrogen (secondary N) is 1. The second-order valence-corrected chi connectivity index (χ2v) is 8.70. The van der Waals surface area contributed by atoms with E-state index < -0.39 is 10.0 Å². The molecule has 0 atom stereocenters. The zero-order chi connectivity index (χ0) is 13.5. The highest BCUT2D eigenvalue weighted by Crippen LogP contribution is 2.31. The number of hydrogen-bond donors (Lipinski definition) is 1. The summed E-state index contributed by atoms with van der Waals surface area (Å²) < 4.78 is 27.0. The van der Waals surface area contributed by atoms with Crippen LogP contribution in [0.25, 0.3) is 0 Å². The quantitative estimate of drug-likeness (QED) is 0.889. The number of rotatable bonds is 3. The van der Waals surface area contributed by atoms with Crippen molar-refractivity contribution in [3.05, 3.63) is 16.5 Å². The molecule has 0 aromatic carbocycles. The van der Waals surface area contributed by atoms with Crippen LogP contribution in [0.1, 0.15) is 0 Å². The first-order valence-corrected chi connectivity index (χ1v) is 8.91. The normalized spacial score (nSPS) is 23.4. The summed E-state index contributed by atoms with van der Waals surface area (Å²) in [7, 11) is -3.33. The van der Waals surface area contributed by atoms with Crippen molar-refractivity contribution in [1.29, 1.82) is 0 Å². The summed E-state index contributed by atoms with van der Waals surface area (Å²) in [6.45, 7) is 5.18. The molecule has 2 aliphatic rings. The van der Waals surface area contributed by atoms with Gasteiger partial charge in [0, 0.05) is 45.3 Å². The van der Waals surface area contributed by atoms with Gasteiger partial charge in [0.05, 0.1) is 4.34 Å². The fourth-order valence-electron chi connectivity index (χ4n) is 2.45. The number of nitrogens with zero attached hydrogens (tertiary/aromatic N) is 2. The van der Waals surface area contributed by atoms with Gasteiger partial charge in [-0.15, -0.1) is 11.3 Å². The van der Waals surface area contributed by atoms with Crippen molar-refractivity contribution < 1.29 is 8.42 Å². The Morgan fingerprint density at radius 1 is 1.26 bits per heavy atom. The summed E-state index contributed by atoms with van der Waals surface area (Å²) in [6, 6.07) is 3.58. The molecule has 3 rings (SSSR count). The lowest BCUT2D eigenvalue weighted by Crippen LogP contribution is -2.63. The standard InChI is InChI=1S/C11H16ClN3O2S2/c12-10-1-2-11(18-10)19(16,17)15-7-9(8-15)14-5-3-13-4-6-14/h1-2,9,13H,3-8H2. The molecule has 106 valence electrons. The van der Waals surface area contributed by atoms with Crippen LogP contribution in [0.5, 0.6) is 0 Å². The first kappa shape index (κ1) is 13.8. The van der Waals surface area contributed by atoms with Gasteiger partial charge in [-0.1, -0.05) is 11.6 Å². The maximum Gasteiger partial charge on any atom is 0.252 e. The predicted octanol–water partition coefficient (Wildman–Crippen LogP) is 0.680. The van der Waals surface area contributed by atoms with Crippen molar-refractivity contribution in [1.82, 2.24) is 14.5 Å². The Balaban J connectivity index is 1.63. The molecule has 1 N–H and O–H groups in total. The molecule has 0 spiro atoms. The van der Waals surface area contributed by atoms with E-state index >= 15 is 0 Å². The van der Waals surface area contributed by atoms with E-state index in [0.717, 1.165) is 37.5 Å². The fourth-order valence-corrected chi connectivity index (χ4v) is 5.61. The Labute approximate surface area is 122 Å². The number of sulfonamides is 1. The summed E-state index contributed by atoms with van der Waals surface area (Å²) in [5, 5.41) is 3.30. The number of halogens is 1. The zero-order valence-electron chi connectivity index (χ0n) is 10.4. The van der Waals surface area contributed by atoms with E-state index in [1.807, 2.05) is 0 Å². The SMILES string of the molecule is O=S(=O)(c1ccc(Cl)s1)N1CC(N2CCNCC2)C1. The summed E-state index contributed by atoms with van der Waals surface area (Å²) in [4.78, 5) is 2.37. The average Bonchev–Trinajstić information content (AvgIpc) is 2.76. The molecule has 0 unspecified atom stereocenters. The van der Waals surface area contributed by atoms with Gasteiger partial charge in [-0.3, -0.25) is 4.90 Å². The minimum Gasteiger partial charge on any atom is -0.314 e. The van der Waals surface area contributed by atoms with Crippen molar-refractivity contribution in [2.75, 3.05) is 39.3 Å². The van der Waals surface area contributed by atoms with Gasteiger partial charge in [-0.25, -0.2) is 8.42 Å². The maximum absolute atomic E-state index is 12.3. The fraction of sp³-hybridized carbons (Fsp3) is 0.636. The molecule has 1 aromatic heterocycles. The monoisotopic (exact) mass is 321 g/mol. The molecule has 3 heterocycles. The minimum absolute atomic E-state index is 0.344. The third-order valence-corrected chi connectivity index (χ3v) is 7.17. The van der Waals surface area contributed by atoms with Gasteiger partial charge in [-0.2, -0.15) is 4.31 Å². The molecule has 2 fully saturated rings. The largest absolute Gasteiger partial charge is 0.314 e. The van der Waals surface area contributed by atoms with Crippen molar-refractivity contribution in [2.45, 2.75) is 10.3 Å². The van der Waals surface area contributed by atoms with E-state index in [1.54, 1.807) is 16.4 Å². The van der Waals surface area contributed by atoms with Gasteiger partial charge >= 0.3 is 0 Å². The lowest BCUT2D eigenvalue weighted by molar-refractivity contribution is 0.0774. The minimum atomic E-state index is -3.33. The van der Waals surface area contributed by atoms with Crippen molar-refractivity contribution in [2.24, 2.45) is 0 Å². The summed E-state index contributed by atoms with van der Waals surface area (Å²) >= 11 is 6.92. The molecule has 1 aromatic rings. The van der Waals surface area contributed by atoms with Crippen LogP contribution in [-0.2, 0) is 10.0 Å². The van der Waals surface area contributed by atoms with Crippen LogP contribution >= 0.6 is 22.9 Å². The van der Waals surface area contributed by atoms with Crippen molar-refractivity contribution in [3.8, 4) is 0 Å². The van der Waals surface area contributed by atoms with Gasteiger partial charge in [0.1, 0.15) is 4.21 Å².